The Bertz CT molecular complexity index is 760. The predicted molar refractivity (Wildman–Crippen MR) is 94.9 cm³/mol. The summed E-state index contributed by atoms with van der Waals surface area (Å²) in [4.78, 5) is 30.4. The number of rotatable bonds is 5. The van der Waals surface area contributed by atoms with Crippen LogP contribution in [0.4, 0.5) is 0 Å². The van der Waals surface area contributed by atoms with Gasteiger partial charge in [0.1, 0.15) is 0 Å². The minimum absolute atomic E-state index is 0.135. The predicted octanol–water partition coefficient (Wildman–Crippen LogP) is 2.55. The van der Waals surface area contributed by atoms with Crippen LogP contribution in [0.3, 0.4) is 0 Å². The van der Waals surface area contributed by atoms with Gasteiger partial charge in [-0.15, -0.1) is 0 Å². The van der Waals surface area contributed by atoms with Crippen molar-refractivity contribution in [2.45, 2.75) is 43.3 Å². The Hall–Kier alpha value is -2.08. The van der Waals surface area contributed by atoms with Gasteiger partial charge in [-0.2, -0.15) is 4.98 Å². The van der Waals surface area contributed by atoms with Gasteiger partial charge < -0.3 is 9.47 Å². The van der Waals surface area contributed by atoms with E-state index in [1.807, 2.05) is 46.7 Å². The second-order valence-corrected chi connectivity index (χ2v) is 7.00. The Labute approximate surface area is 145 Å². The topological polar surface area (TPSA) is 55.2 Å². The molecule has 0 N–H and O–H groups in total. The summed E-state index contributed by atoms with van der Waals surface area (Å²) in [5, 5.41) is 0.458. The van der Waals surface area contributed by atoms with Gasteiger partial charge in [0.05, 0.1) is 5.25 Å². The fraction of sp³-hybridized carbons (Fsp3) is 0.389. The molecule has 1 amide bonds. The lowest BCUT2D eigenvalue weighted by Gasteiger charge is -2.32. The van der Waals surface area contributed by atoms with Crippen LogP contribution in [0.5, 0.6) is 0 Å². The molecule has 24 heavy (non-hydrogen) atoms. The number of aromatic nitrogens is 2. The number of hydrogen-bond donors (Lipinski definition) is 0. The first-order valence-electron chi connectivity index (χ1n) is 8.24. The van der Waals surface area contributed by atoms with E-state index in [2.05, 4.69) is 4.98 Å². The summed E-state index contributed by atoms with van der Waals surface area (Å²) in [6.07, 6.45) is 3.54. The molecule has 1 unspecified atom stereocenters. The van der Waals surface area contributed by atoms with Gasteiger partial charge in [-0.1, -0.05) is 42.1 Å². The van der Waals surface area contributed by atoms with Crippen LogP contribution in [0.2, 0.25) is 0 Å². The summed E-state index contributed by atoms with van der Waals surface area (Å²) < 4.78 is 1.91. The standard InChI is InChI=1S/C18H21N3O2S/c1-2-20-12-10-16(22)19-18(20)24-15-9-6-11-21(17(15)23)13-14-7-4-3-5-8-14/h3-5,7-8,10,12,15H,2,6,9,11,13H2,1H3. The van der Waals surface area contributed by atoms with E-state index in [9.17, 15) is 9.59 Å². The van der Waals surface area contributed by atoms with Gasteiger partial charge in [-0.25, -0.2) is 0 Å². The zero-order valence-corrected chi connectivity index (χ0v) is 14.5. The molecular formula is C18H21N3O2S. The maximum Gasteiger partial charge on any atom is 0.273 e. The second kappa shape index (κ2) is 7.66. The van der Waals surface area contributed by atoms with E-state index >= 15 is 0 Å². The summed E-state index contributed by atoms with van der Waals surface area (Å²) in [6, 6.07) is 11.5. The summed E-state index contributed by atoms with van der Waals surface area (Å²) in [5.74, 6) is 0.135. The first kappa shape index (κ1) is 16.8. The smallest absolute Gasteiger partial charge is 0.273 e. The SMILES string of the molecule is CCn1ccc(=O)nc1SC1CCCN(Cc2ccccc2)C1=O. The average Bonchev–Trinajstić information content (AvgIpc) is 2.60. The van der Waals surface area contributed by atoms with Gasteiger partial charge in [0.2, 0.25) is 5.91 Å². The molecule has 1 fully saturated rings. The Kier molecular flexibility index (Phi) is 5.35. The number of aryl methyl sites for hydroxylation is 1. The summed E-state index contributed by atoms with van der Waals surface area (Å²) in [7, 11) is 0. The lowest BCUT2D eigenvalue weighted by Crippen LogP contribution is -2.42. The molecule has 6 heteroatoms. The van der Waals surface area contributed by atoms with Gasteiger partial charge in [0, 0.05) is 31.9 Å². The van der Waals surface area contributed by atoms with Crippen LogP contribution in [-0.4, -0.2) is 32.2 Å². The van der Waals surface area contributed by atoms with Crippen molar-refractivity contribution in [1.82, 2.24) is 14.5 Å². The number of amides is 1. The zero-order valence-electron chi connectivity index (χ0n) is 13.7. The van der Waals surface area contributed by atoms with Crippen molar-refractivity contribution in [2.24, 2.45) is 0 Å². The number of likely N-dealkylation sites (tertiary alicyclic amines) is 1. The van der Waals surface area contributed by atoms with Crippen LogP contribution in [0.1, 0.15) is 25.3 Å². The molecule has 0 aliphatic carbocycles. The monoisotopic (exact) mass is 343 g/mol. The molecule has 1 aromatic carbocycles. The minimum atomic E-state index is -0.258. The lowest BCUT2D eigenvalue weighted by atomic mass is 10.1. The summed E-state index contributed by atoms with van der Waals surface area (Å²) >= 11 is 1.41. The van der Waals surface area contributed by atoms with Gasteiger partial charge in [0.15, 0.2) is 5.16 Å². The molecule has 0 saturated carbocycles. The molecule has 2 aromatic rings. The Balaban J connectivity index is 1.73. The highest BCUT2D eigenvalue weighted by Crippen LogP contribution is 2.29. The molecule has 3 rings (SSSR count). The van der Waals surface area contributed by atoms with E-state index in [4.69, 9.17) is 0 Å². The van der Waals surface area contributed by atoms with Crippen LogP contribution in [-0.2, 0) is 17.9 Å². The number of thioether (sulfide) groups is 1. The van der Waals surface area contributed by atoms with Crippen LogP contribution in [0.15, 0.2) is 52.5 Å². The molecule has 1 atom stereocenters. The zero-order chi connectivity index (χ0) is 16.9. The fourth-order valence-electron chi connectivity index (χ4n) is 2.85. The highest BCUT2D eigenvalue weighted by atomic mass is 32.2. The van der Waals surface area contributed by atoms with E-state index in [0.29, 0.717) is 11.7 Å². The van der Waals surface area contributed by atoms with Crippen molar-refractivity contribution < 1.29 is 4.79 Å². The minimum Gasteiger partial charge on any atom is -0.337 e. The maximum atomic E-state index is 12.8. The lowest BCUT2D eigenvalue weighted by molar-refractivity contribution is -0.133. The molecule has 1 aromatic heterocycles. The normalized spacial score (nSPS) is 18.0. The Morgan fingerprint density at radius 3 is 2.75 bits per heavy atom. The summed E-state index contributed by atoms with van der Waals surface area (Å²) in [5.41, 5.74) is 0.881. The molecule has 1 aliphatic rings. The number of carbonyl (C=O) groups excluding carboxylic acids is 1. The highest BCUT2D eigenvalue weighted by Gasteiger charge is 2.30. The largest absolute Gasteiger partial charge is 0.337 e. The number of hydrogen-bond acceptors (Lipinski definition) is 4. The molecule has 0 bridgehead atoms. The first-order valence-corrected chi connectivity index (χ1v) is 9.12. The van der Waals surface area contributed by atoms with Crippen molar-refractivity contribution in [1.29, 1.82) is 0 Å². The maximum absolute atomic E-state index is 12.8. The van der Waals surface area contributed by atoms with E-state index < -0.39 is 0 Å². The Morgan fingerprint density at radius 2 is 2.00 bits per heavy atom. The third-order valence-corrected chi connectivity index (χ3v) is 5.39. The van der Waals surface area contributed by atoms with E-state index in [0.717, 1.165) is 31.5 Å². The van der Waals surface area contributed by atoms with Crippen LogP contribution >= 0.6 is 11.8 Å². The number of benzene rings is 1. The molecule has 1 aliphatic heterocycles. The van der Waals surface area contributed by atoms with Crippen LogP contribution in [0, 0.1) is 0 Å². The quantitative estimate of drug-likeness (QED) is 0.783. The molecule has 5 nitrogen and oxygen atoms in total. The van der Waals surface area contributed by atoms with E-state index in [-0.39, 0.29) is 16.7 Å². The van der Waals surface area contributed by atoms with Crippen molar-refractivity contribution in [3.8, 4) is 0 Å². The fourth-order valence-corrected chi connectivity index (χ4v) is 4.11. The van der Waals surface area contributed by atoms with Gasteiger partial charge in [-0.05, 0) is 25.3 Å². The third kappa shape index (κ3) is 3.87. The molecular weight excluding hydrogens is 322 g/mol. The van der Waals surface area contributed by atoms with E-state index in [1.54, 1.807) is 6.20 Å². The molecule has 0 radical (unpaired) electrons. The van der Waals surface area contributed by atoms with Crippen molar-refractivity contribution in [2.75, 3.05) is 6.54 Å². The average molecular weight is 343 g/mol. The van der Waals surface area contributed by atoms with Crippen molar-refractivity contribution in [3.63, 3.8) is 0 Å². The van der Waals surface area contributed by atoms with Gasteiger partial charge >= 0.3 is 0 Å². The molecule has 2 heterocycles. The molecule has 1 saturated heterocycles. The summed E-state index contributed by atoms with van der Waals surface area (Å²) in [6.45, 7) is 4.15. The second-order valence-electron chi connectivity index (χ2n) is 5.83. The number of nitrogens with zero attached hydrogens (tertiary/aromatic N) is 3. The van der Waals surface area contributed by atoms with Gasteiger partial charge in [-0.3, -0.25) is 9.59 Å². The van der Waals surface area contributed by atoms with Crippen molar-refractivity contribution in [3.05, 3.63) is 58.5 Å². The molecule has 126 valence electrons. The first-order chi connectivity index (χ1) is 11.7. The number of carbonyl (C=O) groups is 1. The van der Waals surface area contributed by atoms with E-state index in [1.165, 1.54) is 17.8 Å². The van der Waals surface area contributed by atoms with Crippen LogP contribution in [0.25, 0.3) is 0 Å². The highest BCUT2D eigenvalue weighted by molar-refractivity contribution is 8.00. The number of piperidine rings is 1. The molecule has 0 spiro atoms. The Morgan fingerprint density at radius 1 is 1.21 bits per heavy atom. The van der Waals surface area contributed by atoms with Crippen LogP contribution < -0.4 is 5.56 Å². The van der Waals surface area contributed by atoms with Crippen molar-refractivity contribution >= 4 is 17.7 Å². The van der Waals surface area contributed by atoms with Gasteiger partial charge in [0.25, 0.3) is 5.56 Å². The third-order valence-electron chi connectivity index (χ3n) is 4.13.